The van der Waals surface area contributed by atoms with Gasteiger partial charge in [0, 0.05) is 5.56 Å². The van der Waals surface area contributed by atoms with Crippen molar-refractivity contribution in [3.05, 3.63) is 23.0 Å². The summed E-state index contributed by atoms with van der Waals surface area (Å²) in [6.07, 6.45) is 0.0166. The van der Waals surface area contributed by atoms with Crippen molar-refractivity contribution in [2.75, 3.05) is 7.11 Å². The van der Waals surface area contributed by atoms with Crippen LogP contribution < -0.4 is 15.5 Å². The van der Waals surface area contributed by atoms with Gasteiger partial charge >= 0.3 is 13.2 Å². The van der Waals surface area contributed by atoms with E-state index in [9.17, 15) is 9.18 Å². The molecule has 3 rings (SSSR count). The summed E-state index contributed by atoms with van der Waals surface area (Å²) in [6.45, 7) is 7.55. The zero-order valence-electron chi connectivity index (χ0n) is 15.1. The summed E-state index contributed by atoms with van der Waals surface area (Å²) in [5.74, 6) is -0.171. The van der Waals surface area contributed by atoms with E-state index in [2.05, 4.69) is 5.32 Å². The number of fused-ring (bicyclic) bond motifs is 1. The summed E-state index contributed by atoms with van der Waals surface area (Å²) in [5, 5.41) is 11.5. The SMILES string of the molecule is COc1c(B2OC(C)(C)C(C)(C)O2)c(F)cc2c1C(NC(=O)O)CC2. The minimum absolute atomic E-state index is 0.180. The molecule has 1 atom stereocenters. The molecule has 1 unspecified atom stereocenters. The van der Waals surface area contributed by atoms with E-state index in [-0.39, 0.29) is 5.46 Å². The molecule has 1 fully saturated rings. The molecular formula is C17H23BFNO5. The second-order valence-electron chi connectivity index (χ2n) is 7.51. The van der Waals surface area contributed by atoms with Crippen LogP contribution in [-0.4, -0.2) is 36.6 Å². The molecule has 6 nitrogen and oxygen atoms in total. The van der Waals surface area contributed by atoms with E-state index in [1.807, 2.05) is 27.7 Å². The maximum atomic E-state index is 14.9. The van der Waals surface area contributed by atoms with Gasteiger partial charge in [-0.3, -0.25) is 0 Å². The highest BCUT2D eigenvalue weighted by Gasteiger charge is 2.54. The van der Waals surface area contributed by atoms with Crippen LogP contribution in [0, 0.1) is 5.82 Å². The molecule has 1 aliphatic carbocycles. The maximum absolute atomic E-state index is 14.9. The van der Waals surface area contributed by atoms with Crippen LogP contribution in [0.25, 0.3) is 0 Å². The van der Waals surface area contributed by atoms with E-state index in [4.69, 9.17) is 19.2 Å². The van der Waals surface area contributed by atoms with E-state index in [1.54, 1.807) is 0 Å². The average molecular weight is 351 g/mol. The number of rotatable bonds is 3. The second kappa shape index (κ2) is 5.88. The van der Waals surface area contributed by atoms with Crippen LogP contribution in [0.1, 0.15) is 51.3 Å². The highest BCUT2D eigenvalue weighted by molar-refractivity contribution is 6.63. The number of benzene rings is 1. The van der Waals surface area contributed by atoms with E-state index < -0.39 is 36.3 Å². The van der Waals surface area contributed by atoms with Crippen LogP contribution in [0.5, 0.6) is 5.75 Å². The summed E-state index contributed by atoms with van der Waals surface area (Å²) in [7, 11) is 0.524. The van der Waals surface area contributed by atoms with Crippen molar-refractivity contribution in [2.24, 2.45) is 0 Å². The molecule has 136 valence electrons. The van der Waals surface area contributed by atoms with Crippen LogP contribution in [-0.2, 0) is 15.7 Å². The molecule has 1 amide bonds. The van der Waals surface area contributed by atoms with Crippen LogP contribution in [0.15, 0.2) is 6.07 Å². The molecule has 0 aromatic heterocycles. The Morgan fingerprint density at radius 1 is 1.36 bits per heavy atom. The van der Waals surface area contributed by atoms with Gasteiger partial charge in [0.1, 0.15) is 11.6 Å². The van der Waals surface area contributed by atoms with Crippen molar-refractivity contribution in [2.45, 2.75) is 57.8 Å². The Kier molecular flexibility index (Phi) is 4.24. The zero-order valence-corrected chi connectivity index (χ0v) is 15.1. The quantitative estimate of drug-likeness (QED) is 0.818. The van der Waals surface area contributed by atoms with Crippen LogP contribution in [0.3, 0.4) is 0 Å². The van der Waals surface area contributed by atoms with Gasteiger partial charge in [-0.15, -0.1) is 0 Å². The molecule has 1 aliphatic heterocycles. The Morgan fingerprint density at radius 3 is 2.48 bits per heavy atom. The van der Waals surface area contributed by atoms with Crippen molar-refractivity contribution in [1.82, 2.24) is 5.32 Å². The normalized spacial score (nSPS) is 23.4. The first-order valence-electron chi connectivity index (χ1n) is 8.31. The van der Waals surface area contributed by atoms with Gasteiger partial charge in [0.25, 0.3) is 0 Å². The number of carboxylic acid groups (broad SMARTS) is 1. The van der Waals surface area contributed by atoms with Gasteiger partial charge in [-0.1, -0.05) is 0 Å². The topological polar surface area (TPSA) is 77.0 Å². The Balaban J connectivity index is 2.09. The highest BCUT2D eigenvalue weighted by Crippen LogP contribution is 2.41. The van der Waals surface area contributed by atoms with E-state index in [0.717, 1.165) is 5.56 Å². The smallest absolute Gasteiger partial charge is 0.497 e. The Labute approximate surface area is 146 Å². The van der Waals surface area contributed by atoms with E-state index in [1.165, 1.54) is 13.2 Å². The third-order valence-electron chi connectivity index (χ3n) is 5.44. The summed E-state index contributed by atoms with van der Waals surface area (Å²) < 4.78 is 32.3. The van der Waals surface area contributed by atoms with E-state index >= 15 is 0 Å². The molecular weight excluding hydrogens is 328 g/mol. The number of halogens is 1. The fraction of sp³-hybridized carbons (Fsp3) is 0.588. The lowest BCUT2D eigenvalue weighted by atomic mass is 9.76. The molecule has 1 saturated heterocycles. The lowest BCUT2D eigenvalue weighted by Crippen LogP contribution is -2.41. The summed E-state index contributed by atoms with van der Waals surface area (Å²) >= 11 is 0. The lowest BCUT2D eigenvalue weighted by molar-refractivity contribution is 0.00578. The zero-order chi connectivity index (χ0) is 18.6. The molecule has 0 radical (unpaired) electrons. The molecule has 0 saturated carbocycles. The Bertz CT molecular complexity index is 705. The van der Waals surface area contributed by atoms with Crippen LogP contribution in [0.2, 0.25) is 0 Å². The first kappa shape index (κ1) is 18.0. The first-order valence-corrected chi connectivity index (χ1v) is 8.31. The largest absolute Gasteiger partial charge is 0.501 e. The van der Waals surface area contributed by atoms with Crippen molar-refractivity contribution in [1.29, 1.82) is 0 Å². The monoisotopic (exact) mass is 351 g/mol. The minimum Gasteiger partial charge on any atom is -0.497 e. The highest BCUT2D eigenvalue weighted by atomic mass is 19.1. The van der Waals surface area contributed by atoms with Crippen LogP contribution >= 0.6 is 0 Å². The summed E-state index contributed by atoms with van der Waals surface area (Å²) in [4.78, 5) is 11.1. The number of hydrogen-bond acceptors (Lipinski definition) is 4. The molecule has 25 heavy (non-hydrogen) atoms. The van der Waals surface area contributed by atoms with Gasteiger partial charge in [0.15, 0.2) is 0 Å². The molecule has 0 bridgehead atoms. The molecule has 1 aromatic carbocycles. The predicted molar refractivity (Wildman–Crippen MR) is 90.9 cm³/mol. The van der Waals surface area contributed by atoms with Gasteiger partial charge in [0.2, 0.25) is 0 Å². The number of ether oxygens (including phenoxy) is 1. The summed E-state index contributed by atoms with van der Waals surface area (Å²) in [5.41, 5.74) is 0.350. The lowest BCUT2D eigenvalue weighted by Gasteiger charge is -2.32. The third kappa shape index (κ3) is 2.87. The van der Waals surface area contributed by atoms with Gasteiger partial charge in [-0.05, 0) is 52.2 Å². The summed E-state index contributed by atoms with van der Waals surface area (Å²) in [6, 6.07) is 0.992. The standard InChI is InChI=1S/C17H23BFNO5/c1-16(2)17(3,4)25-18(24-16)13-10(19)8-9-6-7-11(20-15(21)22)12(9)14(13)23-5/h8,11,20H,6-7H2,1-5H3,(H,21,22). The minimum atomic E-state index is -1.12. The first-order chi connectivity index (χ1) is 11.6. The van der Waals surface area contributed by atoms with Gasteiger partial charge in [-0.2, -0.15) is 0 Å². The number of amides is 1. The number of methoxy groups -OCH3 is 1. The van der Waals surface area contributed by atoms with Crippen molar-refractivity contribution in [3.63, 3.8) is 0 Å². The van der Waals surface area contributed by atoms with Gasteiger partial charge in [0.05, 0.1) is 29.8 Å². The molecule has 1 aromatic rings. The Hall–Kier alpha value is -1.80. The number of carbonyl (C=O) groups is 1. The molecule has 2 N–H and O–H groups in total. The van der Waals surface area contributed by atoms with Crippen molar-refractivity contribution in [3.8, 4) is 5.75 Å². The number of aryl methyl sites for hydroxylation is 1. The molecule has 2 aliphatic rings. The fourth-order valence-corrected chi connectivity index (χ4v) is 3.43. The molecule has 1 heterocycles. The molecule has 0 spiro atoms. The van der Waals surface area contributed by atoms with Crippen LogP contribution in [0.4, 0.5) is 9.18 Å². The predicted octanol–water partition coefficient (Wildman–Crippen LogP) is 2.39. The number of nitrogens with one attached hydrogen (secondary N) is 1. The van der Waals surface area contributed by atoms with Crippen molar-refractivity contribution >= 4 is 18.7 Å². The second-order valence-corrected chi connectivity index (χ2v) is 7.51. The third-order valence-corrected chi connectivity index (χ3v) is 5.44. The fourth-order valence-electron chi connectivity index (χ4n) is 3.43. The Morgan fingerprint density at radius 2 is 1.96 bits per heavy atom. The maximum Gasteiger partial charge on any atom is 0.501 e. The number of hydrogen-bond donors (Lipinski definition) is 2. The average Bonchev–Trinajstić information content (AvgIpc) is 2.95. The van der Waals surface area contributed by atoms with Gasteiger partial charge < -0.3 is 24.5 Å². The van der Waals surface area contributed by atoms with Crippen molar-refractivity contribution < 1.29 is 28.3 Å². The van der Waals surface area contributed by atoms with Gasteiger partial charge in [-0.25, -0.2) is 9.18 Å². The molecule has 8 heteroatoms. The van der Waals surface area contributed by atoms with E-state index in [0.29, 0.717) is 24.2 Å².